The summed E-state index contributed by atoms with van der Waals surface area (Å²) in [7, 11) is 1.87. The monoisotopic (exact) mass is 372 g/mol. The van der Waals surface area contributed by atoms with E-state index in [1.165, 1.54) is 6.42 Å². The Kier molecular flexibility index (Phi) is 6.34. The van der Waals surface area contributed by atoms with Gasteiger partial charge in [-0.15, -0.1) is 0 Å². The van der Waals surface area contributed by atoms with Gasteiger partial charge in [0.05, 0.1) is 12.5 Å². The molecule has 2 fully saturated rings. The summed E-state index contributed by atoms with van der Waals surface area (Å²) in [5.41, 5.74) is 1.73. The topological polar surface area (TPSA) is 58.4 Å². The third-order valence-corrected chi connectivity index (χ3v) is 6.03. The minimum Gasteiger partial charge on any atom is -0.339 e. The van der Waals surface area contributed by atoms with Crippen LogP contribution in [0.15, 0.2) is 24.2 Å². The number of rotatable bonds is 3. The normalized spacial score (nSPS) is 21.7. The molecule has 1 unspecified atom stereocenters. The first-order valence-electron chi connectivity index (χ1n) is 10.1. The van der Waals surface area contributed by atoms with Crippen molar-refractivity contribution in [2.75, 3.05) is 26.2 Å². The summed E-state index contributed by atoms with van der Waals surface area (Å²) in [6.45, 7) is 7.32. The standard InChI is InChI=1S/C21H32N4O2/c1-16(2)13-20(26)24-10-6-18(7-11-24)17-5-4-9-25(12-8-17)21(27)19-14-22-15-23(19)3/h13-15,17-18H,4-12H2,1-3H3. The van der Waals surface area contributed by atoms with Crippen LogP contribution >= 0.6 is 0 Å². The van der Waals surface area contributed by atoms with Crippen molar-refractivity contribution in [1.29, 1.82) is 0 Å². The fourth-order valence-electron chi connectivity index (χ4n) is 4.45. The van der Waals surface area contributed by atoms with E-state index < -0.39 is 0 Å². The average molecular weight is 373 g/mol. The molecule has 0 aromatic carbocycles. The number of hydrogen-bond acceptors (Lipinski definition) is 3. The SMILES string of the molecule is CC(C)=CC(=O)N1CCC(C2CCCN(C(=O)c3cncn3C)CC2)CC1. The van der Waals surface area contributed by atoms with Gasteiger partial charge in [-0.25, -0.2) is 4.98 Å². The molecule has 0 spiro atoms. The lowest BCUT2D eigenvalue weighted by atomic mass is 9.80. The highest BCUT2D eigenvalue weighted by Gasteiger charge is 2.30. The first-order valence-corrected chi connectivity index (χ1v) is 10.1. The number of likely N-dealkylation sites (tertiary alicyclic amines) is 2. The van der Waals surface area contributed by atoms with Gasteiger partial charge in [-0.1, -0.05) is 5.57 Å². The van der Waals surface area contributed by atoms with Crippen molar-refractivity contribution in [3.8, 4) is 0 Å². The Morgan fingerprint density at radius 2 is 1.63 bits per heavy atom. The van der Waals surface area contributed by atoms with Gasteiger partial charge in [0, 0.05) is 39.3 Å². The van der Waals surface area contributed by atoms with E-state index in [0.29, 0.717) is 17.5 Å². The fraction of sp³-hybridized carbons (Fsp3) is 0.667. The van der Waals surface area contributed by atoms with Gasteiger partial charge >= 0.3 is 0 Å². The Labute approximate surface area is 162 Å². The van der Waals surface area contributed by atoms with Crippen LogP contribution in [0.4, 0.5) is 0 Å². The van der Waals surface area contributed by atoms with E-state index in [2.05, 4.69) is 4.98 Å². The molecule has 0 radical (unpaired) electrons. The highest BCUT2D eigenvalue weighted by molar-refractivity contribution is 5.92. The predicted molar refractivity (Wildman–Crippen MR) is 105 cm³/mol. The lowest BCUT2D eigenvalue weighted by Crippen LogP contribution is -2.39. The number of imidazole rings is 1. The average Bonchev–Trinajstić information content (AvgIpc) is 2.92. The van der Waals surface area contributed by atoms with Crippen LogP contribution in [-0.2, 0) is 11.8 Å². The molecule has 2 saturated heterocycles. The van der Waals surface area contributed by atoms with Crippen molar-refractivity contribution in [3.05, 3.63) is 29.9 Å². The number of hydrogen-bond donors (Lipinski definition) is 0. The van der Waals surface area contributed by atoms with Gasteiger partial charge in [0.15, 0.2) is 0 Å². The molecule has 3 heterocycles. The molecule has 2 aliphatic heterocycles. The van der Waals surface area contributed by atoms with Crippen LogP contribution in [0.5, 0.6) is 0 Å². The van der Waals surface area contributed by atoms with Crippen molar-refractivity contribution in [3.63, 3.8) is 0 Å². The number of aryl methyl sites for hydroxylation is 1. The van der Waals surface area contributed by atoms with Crippen LogP contribution in [0.1, 0.15) is 56.4 Å². The zero-order chi connectivity index (χ0) is 19.4. The highest BCUT2D eigenvalue weighted by atomic mass is 16.2. The number of nitrogens with zero attached hydrogens (tertiary/aromatic N) is 4. The summed E-state index contributed by atoms with van der Waals surface area (Å²) in [6.07, 6.45) is 10.6. The molecule has 6 heteroatoms. The van der Waals surface area contributed by atoms with Crippen molar-refractivity contribution < 1.29 is 9.59 Å². The summed E-state index contributed by atoms with van der Waals surface area (Å²) >= 11 is 0. The molecule has 0 bridgehead atoms. The van der Waals surface area contributed by atoms with Gasteiger partial charge in [0.1, 0.15) is 5.69 Å². The van der Waals surface area contributed by atoms with Gasteiger partial charge in [0.2, 0.25) is 5.91 Å². The van der Waals surface area contributed by atoms with E-state index in [4.69, 9.17) is 0 Å². The van der Waals surface area contributed by atoms with Crippen molar-refractivity contribution in [2.45, 2.75) is 46.0 Å². The molecule has 1 atom stereocenters. The molecule has 0 saturated carbocycles. The third kappa shape index (κ3) is 4.79. The maximum absolute atomic E-state index is 12.7. The largest absolute Gasteiger partial charge is 0.339 e. The van der Waals surface area contributed by atoms with Crippen molar-refractivity contribution >= 4 is 11.8 Å². The summed E-state index contributed by atoms with van der Waals surface area (Å²) in [6, 6.07) is 0. The zero-order valence-electron chi connectivity index (χ0n) is 16.9. The summed E-state index contributed by atoms with van der Waals surface area (Å²) in [4.78, 5) is 33.0. The molecule has 2 aliphatic rings. The highest BCUT2D eigenvalue weighted by Crippen LogP contribution is 2.33. The van der Waals surface area contributed by atoms with Crippen LogP contribution in [-0.4, -0.2) is 57.3 Å². The molecule has 27 heavy (non-hydrogen) atoms. The fourth-order valence-corrected chi connectivity index (χ4v) is 4.45. The smallest absolute Gasteiger partial charge is 0.272 e. The number of aromatic nitrogens is 2. The second-order valence-corrected chi connectivity index (χ2v) is 8.26. The van der Waals surface area contributed by atoms with E-state index in [1.807, 2.05) is 30.7 Å². The second kappa shape index (κ2) is 8.72. The van der Waals surface area contributed by atoms with Gasteiger partial charge < -0.3 is 14.4 Å². The van der Waals surface area contributed by atoms with E-state index in [0.717, 1.165) is 57.4 Å². The molecule has 2 amide bonds. The van der Waals surface area contributed by atoms with E-state index in [9.17, 15) is 9.59 Å². The Morgan fingerprint density at radius 3 is 2.22 bits per heavy atom. The first-order chi connectivity index (χ1) is 13.0. The minimum absolute atomic E-state index is 0.0952. The quantitative estimate of drug-likeness (QED) is 0.767. The summed E-state index contributed by atoms with van der Waals surface area (Å²) in [5.74, 6) is 1.59. The van der Waals surface area contributed by atoms with Crippen LogP contribution in [0, 0.1) is 11.8 Å². The molecule has 148 valence electrons. The van der Waals surface area contributed by atoms with E-state index in [-0.39, 0.29) is 11.8 Å². The molecular formula is C21H32N4O2. The van der Waals surface area contributed by atoms with Crippen molar-refractivity contribution in [1.82, 2.24) is 19.4 Å². The van der Waals surface area contributed by atoms with Crippen LogP contribution in [0.25, 0.3) is 0 Å². The lowest BCUT2D eigenvalue weighted by molar-refractivity contribution is -0.127. The molecule has 3 rings (SSSR count). The molecule has 6 nitrogen and oxygen atoms in total. The maximum Gasteiger partial charge on any atom is 0.272 e. The number of carbonyl (C=O) groups is 2. The van der Waals surface area contributed by atoms with Gasteiger partial charge in [-0.05, 0) is 57.8 Å². The van der Waals surface area contributed by atoms with Crippen LogP contribution in [0.3, 0.4) is 0 Å². The van der Waals surface area contributed by atoms with Crippen LogP contribution < -0.4 is 0 Å². The van der Waals surface area contributed by atoms with Crippen LogP contribution in [0.2, 0.25) is 0 Å². The van der Waals surface area contributed by atoms with Gasteiger partial charge in [-0.2, -0.15) is 0 Å². The summed E-state index contributed by atoms with van der Waals surface area (Å²) < 4.78 is 1.80. The van der Waals surface area contributed by atoms with E-state index >= 15 is 0 Å². The molecular weight excluding hydrogens is 340 g/mol. The number of allylic oxidation sites excluding steroid dienone is 1. The number of amides is 2. The summed E-state index contributed by atoms with van der Waals surface area (Å²) in [5, 5.41) is 0. The Morgan fingerprint density at radius 1 is 1.00 bits per heavy atom. The molecule has 1 aromatic rings. The molecule has 0 aliphatic carbocycles. The Balaban J connectivity index is 1.52. The van der Waals surface area contributed by atoms with Gasteiger partial charge in [0.25, 0.3) is 5.91 Å². The zero-order valence-corrected chi connectivity index (χ0v) is 16.9. The first kappa shape index (κ1) is 19.6. The minimum atomic E-state index is 0.0952. The Bertz CT molecular complexity index is 697. The predicted octanol–water partition coefficient (Wildman–Crippen LogP) is 2.87. The van der Waals surface area contributed by atoms with E-state index in [1.54, 1.807) is 23.2 Å². The number of piperidine rings is 1. The Hall–Kier alpha value is -2.11. The lowest BCUT2D eigenvalue weighted by Gasteiger charge is -2.35. The molecule has 0 N–H and O–H groups in total. The second-order valence-electron chi connectivity index (χ2n) is 8.26. The third-order valence-electron chi connectivity index (χ3n) is 6.03. The van der Waals surface area contributed by atoms with Gasteiger partial charge in [-0.3, -0.25) is 9.59 Å². The molecule has 1 aromatic heterocycles. The van der Waals surface area contributed by atoms with Crippen molar-refractivity contribution in [2.24, 2.45) is 18.9 Å². The maximum atomic E-state index is 12.7. The number of carbonyl (C=O) groups excluding carboxylic acids is 2.